The van der Waals surface area contributed by atoms with Crippen LogP contribution < -0.4 is 5.73 Å². The van der Waals surface area contributed by atoms with Crippen molar-refractivity contribution in [1.29, 1.82) is 0 Å². The molecule has 0 aromatic heterocycles. The molecule has 0 saturated heterocycles. The zero-order chi connectivity index (χ0) is 11.1. The van der Waals surface area contributed by atoms with E-state index >= 15 is 0 Å². The molecule has 0 aliphatic rings. The average Bonchev–Trinajstić information content (AvgIpc) is 2.23. The lowest BCUT2D eigenvalue weighted by Crippen LogP contribution is -2.42. The van der Waals surface area contributed by atoms with E-state index in [1.807, 2.05) is 14.0 Å². The molecule has 84 valence electrons. The van der Waals surface area contributed by atoms with Crippen LogP contribution in [0.2, 0.25) is 0 Å². The minimum Gasteiger partial charge on any atom is -0.409 e. The van der Waals surface area contributed by atoms with E-state index in [9.17, 15) is 0 Å². The van der Waals surface area contributed by atoms with Gasteiger partial charge in [-0.2, -0.15) is 0 Å². The van der Waals surface area contributed by atoms with E-state index in [0.717, 1.165) is 6.54 Å². The number of rotatable bonds is 6. The predicted molar refractivity (Wildman–Crippen MR) is 59.6 cm³/mol. The van der Waals surface area contributed by atoms with Crippen molar-refractivity contribution in [1.82, 2.24) is 4.90 Å². The zero-order valence-electron chi connectivity index (χ0n) is 9.70. The summed E-state index contributed by atoms with van der Waals surface area (Å²) >= 11 is 0. The highest BCUT2D eigenvalue weighted by Gasteiger charge is 2.16. The third-order valence-electron chi connectivity index (χ3n) is 2.91. The Morgan fingerprint density at radius 1 is 1.43 bits per heavy atom. The number of nitrogens with zero attached hydrogens (tertiary/aromatic N) is 2. The van der Waals surface area contributed by atoms with E-state index in [1.165, 1.54) is 12.8 Å². The van der Waals surface area contributed by atoms with Crippen LogP contribution in [0, 0.1) is 5.92 Å². The van der Waals surface area contributed by atoms with Gasteiger partial charge < -0.3 is 10.9 Å². The predicted octanol–water partition coefficient (Wildman–Crippen LogP) is 1.49. The molecule has 0 aliphatic carbocycles. The minimum absolute atomic E-state index is 0.000556. The summed E-state index contributed by atoms with van der Waals surface area (Å²) in [6.45, 7) is 7.31. The van der Waals surface area contributed by atoms with Gasteiger partial charge in [-0.25, -0.2) is 0 Å². The topological polar surface area (TPSA) is 61.8 Å². The van der Waals surface area contributed by atoms with Crippen molar-refractivity contribution in [2.24, 2.45) is 16.8 Å². The Hall–Kier alpha value is -0.770. The van der Waals surface area contributed by atoms with Gasteiger partial charge in [-0.05, 0) is 19.9 Å². The Bertz CT molecular complexity index is 178. The lowest BCUT2D eigenvalue weighted by molar-refractivity contribution is 0.241. The molecule has 4 heteroatoms. The summed E-state index contributed by atoms with van der Waals surface area (Å²) in [4.78, 5) is 2.12. The van der Waals surface area contributed by atoms with Crippen molar-refractivity contribution in [3.05, 3.63) is 0 Å². The smallest absolute Gasteiger partial charge is 0.156 e. The molecular formula is C10H23N3O. The largest absolute Gasteiger partial charge is 0.409 e. The minimum atomic E-state index is 0.000556. The van der Waals surface area contributed by atoms with Gasteiger partial charge in [0.1, 0.15) is 0 Å². The number of likely N-dealkylation sites (N-methyl/N-ethyl adjacent to an activating group) is 1. The van der Waals surface area contributed by atoms with Crippen LogP contribution in [-0.2, 0) is 0 Å². The fraction of sp³-hybridized carbons (Fsp3) is 0.900. The van der Waals surface area contributed by atoms with Crippen LogP contribution in [0.5, 0.6) is 0 Å². The Morgan fingerprint density at radius 3 is 2.29 bits per heavy atom. The molecule has 14 heavy (non-hydrogen) atoms. The van der Waals surface area contributed by atoms with Gasteiger partial charge in [-0.1, -0.05) is 31.8 Å². The van der Waals surface area contributed by atoms with Gasteiger partial charge in [0.15, 0.2) is 5.84 Å². The Balaban J connectivity index is 4.12. The fourth-order valence-corrected chi connectivity index (χ4v) is 1.42. The molecule has 0 aliphatic heterocycles. The average molecular weight is 201 g/mol. The van der Waals surface area contributed by atoms with Crippen molar-refractivity contribution >= 4 is 5.84 Å². The second kappa shape index (κ2) is 6.65. The van der Waals surface area contributed by atoms with Gasteiger partial charge >= 0.3 is 0 Å². The van der Waals surface area contributed by atoms with Gasteiger partial charge in [0.2, 0.25) is 0 Å². The number of oxime groups is 1. The summed E-state index contributed by atoms with van der Waals surface area (Å²) in [5.74, 6) is 0.965. The molecule has 1 atom stereocenters. The first kappa shape index (κ1) is 13.2. The molecule has 0 spiro atoms. The third kappa shape index (κ3) is 3.96. The van der Waals surface area contributed by atoms with Crippen LogP contribution in [0.25, 0.3) is 0 Å². The Morgan fingerprint density at radius 2 is 1.93 bits per heavy atom. The van der Waals surface area contributed by atoms with Crippen molar-refractivity contribution in [2.75, 3.05) is 13.6 Å². The SMILES string of the molecule is CCC(CC)CN(C)C(C)C(N)=NO. The summed E-state index contributed by atoms with van der Waals surface area (Å²) in [5.41, 5.74) is 5.53. The molecule has 4 nitrogen and oxygen atoms in total. The zero-order valence-corrected chi connectivity index (χ0v) is 9.70. The van der Waals surface area contributed by atoms with E-state index in [1.54, 1.807) is 0 Å². The molecule has 0 bridgehead atoms. The monoisotopic (exact) mass is 201 g/mol. The molecule has 0 heterocycles. The first-order chi connectivity index (χ1) is 6.56. The Kier molecular flexibility index (Phi) is 6.28. The second-order valence-corrected chi connectivity index (χ2v) is 3.82. The maximum atomic E-state index is 8.54. The molecule has 3 N–H and O–H groups in total. The summed E-state index contributed by atoms with van der Waals surface area (Å²) in [6.07, 6.45) is 2.34. The van der Waals surface area contributed by atoms with Crippen molar-refractivity contribution in [3.8, 4) is 0 Å². The molecule has 0 amide bonds. The van der Waals surface area contributed by atoms with Gasteiger partial charge in [-0.15, -0.1) is 0 Å². The van der Waals surface area contributed by atoms with Gasteiger partial charge in [0, 0.05) is 6.54 Å². The number of hydrogen-bond donors (Lipinski definition) is 2. The molecule has 0 aromatic rings. The van der Waals surface area contributed by atoms with Gasteiger partial charge in [0.05, 0.1) is 6.04 Å². The summed E-state index contributed by atoms with van der Waals surface area (Å²) < 4.78 is 0. The van der Waals surface area contributed by atoms with E-state index < -0.39 is 0 Å². The van der Waals surface area contributed by atoms with Crippen molar-refractivity contribution < 1.29 is 5.21 Å². The van der Waals surface area contributed by atoms with Crippen molar-refractivity contribution in [2.45, 2.75) is 39.7 Å². The van der Waals surface area contributed by atoms with Gasteiger partial charge in [0.25, 0.3) is 0 Å². The molecular weight excluding hydrogens is 178 g/mol. The summed E-state index contributed by atoms with van der Waals surface area (Å²) in [7, 11) is 2.00. The highest BCUT2D eigenvalue weighted by Crippen LogP contribution is 2.10. The van der Waals surface area contributed by atoms with Gasteiger partial charge in [-0.3, -0.25) is 4.90 Å². The first-order valence-electron chi connectivity index (χ1n) is 5.24. The van der Waals surface area contributed by atoms with E-state index in [0.29, 0.717) is 5.92 Å². The van der Waals surface area contributed by atoms with Crippen molar-refractivity contribution in [3.63, 3.8) is 0 Å². The molecule has 0 aromatic carbocycles. The number of nitrogens with two attached hydrogens (primary N) is 1. The number of hydrogen-bond acceptors (Lipinski definition) is 3. The second-order valence-electron chi connectivity index (χ2n) is 3.82. The highest BCUT2D eigenvalue weighted by atomic mass is 16.4. The maximum absolute atomic E-state index is 8.54. The van der Waals surface area contributed by atoms with Crippen LogP contribution in [-0.4, -0.2) is 35.6 Å². The molecule has 0 saturated carbocycles. The van der Waals surface area contributed by atoms with Crippen LogP contribution in [0.15, 0.2) is 5.16 Å². The van der Waals surface area contributed by atoms with E-state index in [-0.39, 0.29) is 11.9 Å². The van der Waals surface area contributed by atoms with E-state index in [2.05, 4.69) is 23.9 Å². The molecule has 0 rings (SSSR count). The summed E-state index contributed by atoms with van der Waals surface area (Å²) in [6, 6.07) is 0.000556. The number of amidine groups is 1. The molecule has 0 fully saturated rings. The standard InChI is InChI=1S/C10H23N3O/c1-5-9(6-2)7-13(4)8(3)10(11)12-14/h8-9,14H,5-7H2,1-4H3,(H2,11,12). The van der Waals surface area contributed by atoms with Crippen LogP contribution in [0.1, 0.15) is 33.6 Å². The fourth-order valence-electron chi connectivity index (χ4n) is 1.42. The first-order valence-corrected chi connectivity index (χ1v) is 5.24. The quantitative estimate of drug-likeness (QED) is 0.296. The molecule has 1 unspecified atom stereocenters. The maximum Gasteiger partial charge on any atom is 0.156 e. The lowest BCUT2D eigenvalue weighted by atomic mass is 10.0. The molecule has 0 radical (unpaired) electrons. The van der Waals surface area contributed by atoms with Crippen LogP contribution in [0.3, 0.4) is 0 Å². The third-order valence-corrected chi connectivity index (χ3v) is 2.91. The van der Waals surface area contributed by atoms with Crippen LogP contribution in [0.4, 0.5) is 0 Å². The highest BCUT2D eigenvalue weighted by molar-refractivity contribution is 5.84. The Labute approximate surface area is 86.8 Å². The van der Waals surface area contributed by atoms with Crippen LogP contribution >= 0.6 is 0 Å². The summed E-state index contributed by atoms with van der Waals surface area (Å²) in [5, 5.41) is 11.6. The normalized spacial score (nSPS) is 15.1. The van der Waals surface area contributed by atoms with E-state index in [4.69, 9.17) is 10.9 Å². The lowest BCUT2D eigenvalue weighted by Gasteiger charge is -2.27.